The largest absolute Gasteiger partial charge is 0.493 e. The average molecular weight is 522 g/mol. The van der Waals surface area contributed by atoms with E-state index in [1.54, 1.807) is 12.0 Å². The number of hydrogen-bond acceptors (Lipinski definition) is 5. The minimum absolute atomic E-state index is 0.0234. The molecule has 29 heavy (non-hydrogen) atoms. The smallest absolute Gasteiger partial charge is 0.266 e. The minimum Gasteiger partial charge on any atom is -0.493 e. The molecule has 0 atom stereocenters. The zero-order valence-electron chi connectivity index (χ0n) is 16.4. The number of aliphatic imine (C=N–C) groups is 1. The number of hydrogen-bond donors (Lipinski definition) is 0. The number of amidine groups is 1. The van der Waals surface area contributed by atoms with Crippen molar-refractivity contribution >= 4 is 57.2 Å². The number of para-hydroxylation sites is 1. The van der Waals surface area contributed by atoms with Gasteiger partial charge in [0.25, 0.3) is 5.91 Å². The molecule has 0 unspecified atom stereocenters. The summed E-state index contributed by atoms with van der Waals surface area (Å²) in [5, 5.41) is 0.698. The van der Waals surface area contributed by atoms with Gasteiger partial charge >= 0.3 is 0 Å². The second-order valence-corrected chi connectivity index (χ2v) is 8.44. The summed E-state index contributed by atoms with van der Waals surface area (Å²) in [6.07, 6.45) is 2.67. The molecule has 0 N–H and O–H groups in total. The first-order valence-electron chi connectivity index (χ1n) is 9.38. The molecule has 7 heteroatoms. The highest BCUT2D eigenvalue weighted by atomic mass is 127. The van der Waals surface area contributed by atoms with Gasteiger partial charge in [-0.3, -0.25) is 9.69 Å². The summed E-state index contributed by atoms with van der Waals surface area (Å²) in [4.78, 5) is 20.1. The van der Waals surface area contributed by atoms with Crippen LogP contribution >= 0.6 is 34.4 Å². The van der Waals surface area contributed by atoms with Crippen molar-refractivity contribution in [3.05, 3.63) is 62.6 Å². The molecule has 1 amide bonds. The Kier molecular flexibility index (Phi) is 8.14. The summed E-state index contributed by atoms with van der Waals surface area (Å²) < 4.78 is 11.8. The molecule has 1 aliphatic rings. The Morgan fingerprint density at radius 2 is 2.00 bits per heavy atom. The van der Waals surface area contributed by atoms with Gasteiger partial charge in [0.15, 0.2) is 5.17 Å². The lowest BCUT2D eigenvalue weighted by atomic mass is 10.2. The summed E-state index contributed by atoms with van der Waals surface area (Å²) >= 11 is 3.66. The van der Waals surface area contributed by atoms with Gasteiger partial charge in [-0.1, -0.05) is 24.3 Å². The molecular weight excluding hydrogens is 499 g/mol. The van der Waals surface area contributed by atoms with Gasteiger partial charge in [-0.25, -0.2) is 4.99 Å². The number of carbonyl (C=O) groups excluding carboxylic acids is 1. The molecule has 1 fully saturated rings. The van der Waals surface area contributed by atoms with Gasteiger partial charge in [0.1, 0.15) is 5.75 Å². The molecule has 2 aromatic carbocycles. The Labute approximate surface area is 189 Å². The van der Waals surface area contributed by atoms with E-state index in [0.717, 1.165) is 27.0 Å². The van der Waals surface area contributed by atoms with Crippen molar-refractivity contribution in [2.45, 2.75) is 13.3 Å². The normalized spacial score (nSPS) is 16.8. The van der Waals surface area contributed by atoms with Crippen LogP contribution in [-0.2, 0) is 9.53 Å². The van der Waals surface area contributed by atoms with Crippen LogP contribution in [0.15, 0.2) is 58.4 Å². The van der Waals surface area contributed by atoms with Gasteiger partial charge in [-0.2, -0.15) is 0 Å². The number of rotatable bonds is 8. The first kappa shape index (κ1) is 21.9. The van der Waals surface area contributed by atoms with Crippen molar-refractivity contribution in [3.63, 3.8) is 0 Å². The molecule has 0 aromatic heterocycles. The average Bonchev–Trinajstić information content (AvgIpc) is 3.00. The van der Waals surface area contributed by atoms with Crippen LogP contribution < -0.4 is 4.74 Å². The van der Waals surface area contributed by atoms with Crippen molar-refractivity contribution in [1.82, 2.24) is 4.90 Å². The number of ether oxygens (including phenoxy) is 2. The summed E-state index contributed by atoms with van der Waals surface area (Å²) in [5.74, 6) is 0.831. The Balaban J connectivity index is 1.87. The van der Waals surface area contributed by atoms with Crippen LogP contribution in [0.25, 0.3) is 6.08 Å². The van der Waals surface area contributed by atoms with E-state index in [4.69, 9.17) is 14.5 Å². The maximum atomic E-state index is 13.0. The molecule has 0 bridgehead atoms. The quantitative estimate of drug-likeness (QED) is 0.267. The van der Waals surface area contributed by atoms with E-state index in [2.05, 4.69) is 22.6 Å². The molecule has 0 radical (unpaired) electrons. The fraction of sp³-hybridized carbons (Fsp3) is 0.273. The van der Waals surface area contributed by atoms with Gasteiger partial charge in [0.2, 0.25) is 0 Å². The van der Waals surface area contributed by atoms with Crippen LogP contribution in [0, 0.1) is 3.57 Å². The van der Waals surface area contributed by atoms with E-state index in [-0.39, 0.29) is 5.91 Å². The Bertz CT molecular complexity index is 916. The van der Waals surface area contributed by atoms with E-state index in [0.29, 0.717) is 29.8 Å². The number of benzene rings is 2. The maximum Gasteiger partial charge on any atom is 0.266 e. The number of nitrogens with zero attached hydrogens (tertiary/aromatic N) is 2. The van der Waals surface area contributed by atoms with Crippen molar-refractivity contribution < 1.29 is 14.3 Å². The standard InChI is InChI=1S/C22H23IN2O3S/c1-3-28-19-11-10-16(14-18(19)23)15-20-21(26)25(12-7-13-27-2)22(29-20)24-17-8-5-4-6-9-17/h4-6,8-11,14-15H,3,7,12-13H2,1-2H3/b20-15-,24-22?. The van der Waals surface area contributed by atoms with E-state index in [1.807, 2.05) is 61.5 Å². The zero-order chi connectivity index (χ0) is 20.6. The van der Waals surface area contributed by atoms with Crippen molar-refractivity contribution in [1.29, 1.82) is 0 Å². The molecule has 0 saturated carbocycles. The third-order valence-corrected chi connectivity index (χ3v) is 6.00. The summed E-state index contributed by atoms with van der Waals surface area (Å²) in [5.41, 5.74) is 1.79. The molecular formula is C22H23IN2O3S. The van der Waals surface area contributed by atoms with E-state index in [9.17, 15) is 4.79 Å². The topological polar surface area (TPSA) is 51.1 Å². The van der Waals surface area contributed by atoms with Crippen molar-refractivity contribution in [2.24, 2.45) is 4.99 Å². The maximum absolute atomic E-state index is 13.0. The molecule has 1 heterocycles. The van der Waals surface area contributed by atoms with E-state index in [1.165, 1.54) is 11.8 Å². The first-order valence-corrected chi connectivity index (χ1v) is 11.3. The molecule has 0 spiro atoms. The second-order valence-electron chi connectivity index (χ2n) is 6.27. The molecule has 2 aromatic rings. The van der Waals surface area contributed by atoms with Crippen LogP contribution in [0.1, 0.15) is 18.9 Å². The number of halogens is 1. The Morgan fingerprint density at radius 1 is 1.21 bits per heavy atom. The monoisotopic (exact) mass is 522 g/mol. The summed E-state index contributed by atoms with van der Waals surface area (Å²) in [6, 6.07) is 15.6. The molecule has 152 valence electrons. The first-order chi connectivity index (χ1) is 14.1. The van der Waals surface area contributed by atoms with Gasteiger partial charge in [0.05, 0.1) is 20.8 Å². The van der Waals surface area contributed by atoms with Gasteiger partial charge in [0, 0.05) is 20.3 Å². The van der Waals surface area contributed by atoms with E-state index >= 15 is 0 Å². The second kappa shape index (κ2) is 10.8. The van der Waals surface area contributed by atoms with Crippen LogP contribution in [0.3, 0.4) is 0 Å². The van der Waals surface area contributed by atoms with Crippen LogP contribution in [-0.4, -0.2) is 42.8 Å². The minimum atomic E-state index is -0.0234. The molecule has 5 nitrogen and oxygen atoms in total. The third kappa shape index (κ3) is 5.83. The molecule has 0 aliphatic carbocycles. The lowest BCUT2D eigenvalue weighted by Crippen LogP contribution is -2.30. The number of methoxy groups -OCH3 is 1. The highest BCUT2D eigenvalue weighted by Crippen LogP contribution is 2.35. The predicted octanol–water partition coefficient (Wildman–Crippen LogP) is 5.33. The fourth-order valence-electron chi connectivity index (χ4n) is 2.80. The number of carbonyl (C=O) groups is 1. The fourth-order valence-corrected chi connectivity index (χ4v) is 4.52. The highest BCUT2D eigenvalue weighted by molar-refractivity contribution is 14.1. The Morgan fingerprint density at radius 3 is 2.69 bits per heavy atom. The lowest BCUT2D eigenvalue weighted by Gasteiger charge is -2.15. The number of thioether (sulfide) groups is 1. The van der Waals surface area contributed by atoms with Crippen molar-refractivity contribution in [2.75, 3.05) is 26.9 Å². The molecule has 1 aliphatic heterocycles. The summed E-state index contributed by atoms with van der Waals surface area (Å²) in [7, 11) is 1.67. The number of amides is 1. The van der Waals surface area contributed by atoms with Gasteiger partial charge < -0.3 is 9.47 Å². The summed E-state index contributed by atoms with van der Waals surface area (Å²) in [6.45, 7) is 3.76. The van der Waals surface area contributed by atoms with Gasteiger partial charge in [-0.05, 0) is 83.6 Å². The third-order valence-electron chi connectivity index (χ3n) is 4.15. The van der Waals surface area contributed by atoms with Crippen LogP contribution in [0.5, 0.6) is 5.75 Å². The zero-order valence-corrected chi connectivity index (χ0v) is 19.4. The van der Waals surface area contributed by atoms with E-state index < -0.39 is 0 Å². The van der Waals surface area contributed by atoms with Crippen LogP contribution in [0.4, 0.5) is 5.69 Å². The molecule has 1 saturated heterocycles. The molecule has 3 rings (SSSR count). The van der Waals surface area contributed by atoms with Crippen molar-refractivity contribution in [3.8, 4) is 5.75 Å². The van der Waals surface area contributed by atoms with Crippen LogP contribution in [0.2, 0.25) is 0 Å². The SMILES string of the molecule is CCOc1ccc(/C=C2\SC(=Nc3ccccc3)N(CCCOC)C2=O)cc1I. The Hall–Kier alpha value is -1.84. The highest BCUT2D eigenvalue weighted by Gasteiger charge is 2.33. The predicted molar refractivity (Wildman–Crippen MR) is 128 cm³/mol. The van der Waals surface area contributed by atoms with Gasteiger partial charge in [-0.15, -0.1) is 0 Å². The lowest BCUT2D eigenvalue weighted by molar-refractivity contribution is -0.122.